The van der Waals surface area contributed by atoms with Crippen LogP contribution in [0.5, 0.6) is 0 Å². The van der Waals surface area contributed by atoms with Crippen LogP contribution < -0.4 is 5.73 Å². The van der Waals surface area contributed by atoms with Gasteiger partial charge < -0.3 is 5.73 Å². The van der Waals surface area contributed by atoms with Crippen molar-refractivity contribution in [3.05, 3.63) is 23.3 Å². The molecule has 2 nitrogen and oxygen atoms in total. The first-order valence-corrected chi connectivity index (χ1v) is 5.56. The minimum Gasteiger partial charge on any atom is -0.375 e. The van der Waals surface area contributed by atoms with Gasteiger partial charge in [0, 0.05) is 0 Å². The number of nitrogen functional groups attached to an aromatic ring is 1. The van der Waals surface area contributed by atoms with E-state index in [9.17, 15) is 0 Å². The molecular weight excluding hydrogens is 192 g/mol. The molecule has 14 heavy (non-hydrogen) atoms. The van der Waals surface area contributed by atoms with Crippen molar-refractivity contribution in [2.24, 2.45) is 0 Å². The molecular formula is C11H14N2S. The third-order valence-electron chi connectivity index (χ3n) is 2.41. The Morgan fingerprint density at radius 1 is 1.36 bits per heavy atom. The Bertz CT molecular complexity index is 471. The zero-order valence-electron chi connectivity index (χ0n) is 8.66. The minimum atomic E-state index is 0.500. The summed E-state index contributed by atoms with van der Waals surface area (Å²) in [6, 6.07) is 4.25. The number of fused-ring (bicyclic) bond motifs is 1. The van der Waals surface area contributed by atoms with Crippen LogP contribution in [0, 0.1) is 6.92 Å². The molecule has 0 amide bonds. The molecule has 74 valence electrons. The predicted octanol–water partition coefficient (Wildman–Crippen LogP) is 3.31. The van der Waals surface area contributed by atoms with Crippen molar-refractivity contribution >= 4 is 26.7 Å². The van der Waals surface area contributed by atoms with Crippen LogP contribution in [0.3, 0.4) is 0 Å². The summed E-state index contributed by atoms with van der Waals surface area (Å²) in [5.41, 5.74) is 9.44. The van der Waals surface area contributed by atoms with E-state index in [4.69, 9.17) is 5.73 Å². The van der Waals surface area contributed by atoms with Gasteiger partial charge in [-0.3, -0.25) is 0 Å². The number of hydrogen-bond donors (Lipinski definition) is 1. The third kappa shape index (κ3) is 1.38. The Balaban J connectivity index is 2.82. The molecule has 0 fully saturated rings. The zero-order valence-corrected chi connectivity index (χ0v) is 9.48. The van der Waals surface area contributed by atoms with Gasteiger partial charge in [0.25, 0.3) is 0 Å². The molecule has 2 N–H and O–H groups in total. The van der Waals surface area contributed by atoms with Crippen molar-refractivity contribution < 1.29 is 0 Å². The van der Waals surface area contributed by atoms with Crippen molar-refractivity contribution in [2.75, 3.05) is 5.73 Å². The van der Waals surface area contributed by atoms with Crippen LogP contribution in [0.25, 0.3) is 10.2 Å². The fourth-order valence-corrected chi connectivity index (χ4v) is 2.61. The van der Waals surface area contributed by atoms with Crippen molar-refractivity contribution in [1.29, 1.82) is 0 Å². The van der Waals surface area contributed by atoms with Gasteiger partial charge in [0.1, 0.15) is 0 Å². The quantitative estimate of drug-likeness (QED) is 0.777. The standard InChI is InChI=1S/C11H14N2S/c1-6(2)9-7(3)4-5-8-10(9)13-11(12)14-8/h4-6H,1-3H3,(H2,12,13). The summed E-state index contributed by atoms with van der Waals surface area (Å²) in [4.78, 5) is 4.39. The Hall–Kier alpha value is -1.09. The lowest BCUT2D eigenvalue weighted by atomic mass is 9.97. The molecule has 0 aliphatic heterocycles. The summed E-state index contributed by atoms with van der Waals surface area (Å²) in [5.74, 6) is 0.500. The highest BCUT2D eigenvalue weighted by Gasteiger charge is 2.11. The van der Waals surface area contributed by atoms with E-state index in [2.05, 4.69) is 37.9 Å². The minimum absolute atomic E-state index is 0.500. The van der Waals surface area contributed by atoms with Crippen LogP contribution in [-0.4, -0.2) is 4.98 Å². The highest BCUT2D eigenvalue weighted by Crippen LogP contribution is 2.32. The van der Waals surface area contributed by atoms with Crippen LogP contribution in [0.15, 0.2) is 12.1 Å². The van der Waals surface area contributed by atoms with Crippen LogP contribution in [0.4, 0.5) is 5.13 Å². The maximum Gasteiger partial charge on any atom is 0.181 e. The third-order valence-corrected chi connectivity index (χ3v) is 3.26. The first-order valence-electron chi connectivity index (χ1n) is 4.75. The predicted molar refractivity (Wildman–Crippen MR) is 62.9 cm³/mol. The Labute approximate surface area is 87.8 Å². The number of anilines is 1. The second-order valence-corrected chi connectivity index (χ2v) is 4.91. The second-order valence-electron chi connectivity index (χ2n) is 3.85. The summed E-state index contributed by atoms with van der Waals surface area (Å²) >= 11 is 1.56. The number of aromatic nitrogens is 1. The SMILES string of the molecule is Cc1ccc2sc(N)nc2c1C(C)C. The second kappa shape index (κ2) is 3.24. The van der Waals surface area contributed by atoms with Gasteiger partial charge in [-0.1, -0.05) is 31.3 Å². The van der Waals surface area contributed by atoms with Crippen molar-refractivity contribution in [3.8, 4) is 0 Å². The van der Waals surface area contributed by atoms with E-state index >= 15 is 0 Å². The highest BCUT2D eigenvalue weighted by molar-refractivity contribution is 7.22. The Kier molecular flexibility index (Phi) is 2.19. The van der Waals surface area contributed by atoms with E-state index in [-0.39, 0.29) is 0 Å². The smallest absolute Gasteiger partial charge is 0.181 e. The van der Waals surface area contributed by atoms with E-state index in [0.717, 1.165) is 5.52 Å². The van der Waals surface area contributed by atoms with E-state index in [1.165, 1.54) is 15.8 Å². The number of benzene rings is 1. The Morgan fingerprint density at radius 2 is 2.07 bits per heavy atom. The van der Waals surface area contributed by atoms with Crippen LogP contribution >= 0.6 is 11.3 Å². The molecule has 0 bridgehead atoms. The van der Waals surface area contributed by atoms with E-state index in [1.54, 1.807) is 11.3 Å². The zero-order chi connectivity index (χ0) is 10.3. The normalized spacial score (nSPS) is 11.4. The molecule has 0 radical (unpaired) electrons. The van der Waals surface area contributed by atoms with Gasteiger partial charge >= 0.3 is 0 Å². The molecule has 0 aliphatic rings. The van der Waals surface area contributed by atoms with Crippen molar-refractivity contribution in [3.63, 3.8) is 0 Å². The first kappa shape index (κ1) is 9.46. The average Bonchev–Trinajstić information content (AvgIpc) is 2.43. The fourth-order valence-electron chi connectivity index (χ4n) is 1.86. The molecule has 0 unspecified atom stereocenters. The van der Waals surface area contributed by atoms with Crippen LogP contribution in [0.2, 0.25) is 0 Å². The lowest BCUT2D eigenvalue weighted by Crippen LogP contribution is -1.93. The molecule has 3 heteroatoms. The van der Waals surface area contributed by atoms with Crippen molar-refractivity contribution in [1.82, 2.24) is 4.98 Å². The monoisotopic (exact) mass is 206 g/mol. The lowest BCUT2D eigenvalue weighted by Gasteiger charge is -2.09. The summed E-state index contributed by atoms with van der Waals surface area (Å²) in [7, 11) is 0. The highest BCUT2D eigenvalue weighted by atomic mass is 32.1. The van der Waals surface area contributed by atoms with Gasteiger partial charge in [0.15, 0.2) is 5.13 Å². The number of aryl methyl sites for hydroxylation is 1. The van der Waals surface area contributed by atoms with Crippen LogP contribution in [-0.2, 0) is 0 Å². The summed E-state index contributed by atoms with van der Waals surface area (Å²) < 4.78 is 1.19. The first-order chi connectivity index (χ1) is 6.59. The molecule has 0 spiro atoms. The van der Waals surface area contributed by atoms with Gasteiger partial charge in [-0.05, 0) is 30.0 Å². The Morgan fingerprint density at radius 3 is 2.71 bits per heavy atom. The number of nitrogens with two attached hydrogens (primary N) is 1. The lowest BCUT2D eigenvalue weighted by molar-refractivity contribution is 0.864. The summed E-state index contributed by atoms with van der Waals surface area (Å²) in [6.45, 7) is 6.51. The molecule has 2 aromatic rings. The van der Waals surface area contributed by atoms with E-state index < -0.39 is 0 Å². The van der Waals surface area contributed by atoms with Gasteiger partial charge in [0.05, 0.1) is 10.2 Å². The molecule has 1 aromatic carbocycles. The van der Waals surface area contributed by atoms with Gasteiger partial charge in [-0.2, -0.15) is 0 Å². The molecule has 1 aromatic heterocycles. The molecule has 0 aliphatic carbocycles. The largest absolute Gasteiger partial charge is 0.375 e. The van der Waals surface area contributed by atoms with E-state index in [1.807, 2.05) is 0 Å². The number of hydrogen-bond acceptors (Lipinski definition) is 3. The molecule has 2 rings (SSSR count). The fraction of sp³-hybridized carbons (Fsp3) is 0.364. The molecule has 0 saturated heterocycles. The summed E-state index contributed by atoms with van der Waals surface area (Å²) in [6.07, 6.45) is 0. The summed E-state index contributed by atoms with van der Waals surface area (Å²) in [5, 5.41) is 0.660. The van der Waals surface area contributed by atoms with Crippen LogP contribution in [0.1, 0.15) is 30.9 Å². The van der Waals surface area contributed by atoms with Gasteiger partial charge in [-0.15, -0.1) is 0 Å². The molecule has 0 atom stereocenters. The van der Waals surface area contributed by atoms with E-state index in [0.29, 0.717) is 11.0 Å². The van der Waals surface area contributed by atoms with Crippen molar-refractivity contribution in [2.45, 2.75) is 26.7 Å². The van der Waals surface area contributed by atoms with Gasteiger partial charge in [0.2, 0.25) is 0 Å². The maximum atomic E-state index is 5.72. The topological polar surface area (TPSA) is 38.9 Å². The average molecular weight is 206 g/mol. The molecule has 1 heterocycles. The number of nitrogens with zero attached hydrogens (tertiary/aromatic N) is 1. The molecule has 0 saturated carbocycles. The maximum absolute atomic E-state index is 5.72. The number of thiazole rings is 1. The number of rotatable bonds is 1. The van der Waals surface area contributed by atoms with Gasteiger partial charge in [-0.25, -0.2) is 4.98 Å².